The van der Waals surface area contributed by atoms with Crippen LogP contribution in [0.25, 0.3) is 0 Å². The van der Waals surface area contributed by atoms with E-state index in [0.29, 0.717) is 54.5 Å². The molecule has 0 saturated carbocycles. The predicted octanol–water partition coefficient (Wildman–Crippen LogP) is 4.18. The van der Waals surface area contributed by atoms with E-state index in [9.17, 15) is 27.0 Å². The first kappa shape index (κ1) is 42.2. The molecule has 2 aliphatic rings. The number of nitrogens with zero attached hydrogens (tertiary/aromatic N) is 5. The molecule has 4 aromatic carbocycles. The Kier molecular flexibility index (Phi) is 15.1. The van der Waals surface area contributed by atoms with Crippen LogP contribution in [0.4, 0.5) is 0 Å². The smallest absolute Gasteiger partial charge is 0.285 e. The number of sulfonamides is 2. The molecule has 2 aliphatic heterocycles. The number of rotatable bonds is 12. The van der Waals surface area contributed by atoms with Crippen LogP contribution in [0.5, 0.6) is 23.0 Å². The van der Waals surface area contributed by atoms with Gasteiger partial charge in [0.15, 0.2) is 34.0 Å². The third-order valence-electron chi connectivity index (χ3n) is 7.43. The lowest BCUT2D eigenvalue weighted by Gasteiger charge is -2.18. The fraction of sp³-hybridized carbons (Fsp3) is 0.222. The van der Waals surface area contributed by atoms with Crippen LogP contribution in [0.2, 0.25) is 0 Å². The molecule has 0 radical (unpaired) electrons. The SMILES string of the molecule is COCCN(/N=C/c1ccc(O)c(OC)c1)C1=NS(=O)(=O)c2ccccc21.COCCN/N=C/c1ccc(O)c(OC)c1.O=S1(=O)N=C(Cl)c2ccccc21. The molecule has 0 bridgehead atoms. The largest absolute Gasteiger partial charge is 0.504 e. The van der Waals surface area contributed by atoms with Gasteiger partial charge in [-0.25, -0.2) is 5.01 Å². The summed E-state index contributed by atoms with van der Waals surface area (Å²) < 4.78 is 74.2. The molecule has 0 fully saturated rings. The highest BCUT2D eigenvalue weighted by atomic mass is 35.5. The summed E-state index contributed by atoms with van der Waals surface area (Å²) in [5.74, 6) is 1.12. The van der Waals surface area contributed by atoms with Gasteiger partial charge in [-0.3, -0.25) is 0 Å². The second-order valence-corrected chi connectivity index (χ2v) is 14.6. The van der Waals surface area contributed by atoms with Crippen LogP contribution in [-0.4, -0.2) is 110 Å². The van der Waals surface area contributed by atoms with Crippen LogP contribution < -0.4 is 14.9 Å². The number of hydrazone groups is 2. The highest BCUT2D eigenvalue weighted by molar-refractivity contribution is 7.91. The van der Waals surface area contributed by atoms with E-state index < -0.39 is 20.0 Å². The maximum Gasteiger partial charge on any atom is 0.285 e. The van der Waals surface area contributed by atoms with Crippen LogP contribution in [0.15, 0.2) is 114 Å². The molecule has 55 heavy (non-hydrogen) atoms. The van der Waals surface area contributed by atoms with E-state index in [1.807, 2.05) is 0 Å². The molecular weight excluding hydrogens is 776 g/mol. The number of ether oxygens (including phenoxy) is 4. The molecule has 4 aromatic rings. The predicted molar refractivity (Wildman–Crippen MR) is 209 cm³/mol. The molecule has 3 N–H and O–H groups in total. The van der Waals surface area contributed by atoms with Crippen molar-refractivity contribution in [2.45, 2.75) is 9.79 Å². The number of fused-ring (bicyclic) bond motifs is 2. The Morgan fingerprint density at radius 3 is 1.82 bits per heavy atom. The van der Waals surface area contributed by atoms with Crippen LogP contribution in [0.1, 0.15) is 22.3 Å². The molecule has 0 spiro atoms. The van der Waals surface area contributed by atoms with Gasteiger partial charge in [0, 0.05) is 25.3 Å². The molecule has 0 unspecified atom stereocenters. The van der Waals surface area contributed by atoms with E-state index in [1.165, 1.54) is 43.6 Å². The summed E-state index contributed by atoms with van der Waals surface area (Å²) in [4.78, 5) is 0.346. The van der Waals surface area contributed by atoms with Gasteiger partial charge >= 0.3 is 0 Å². The van der Waals surface area contributed by atoms with Gasteiger partial charge in [0.05, 0.1) is 57.8 Å². The molecule has 6 rings (SSSR count). The molecule has 16 nitrogen and oxygen atoms in total. The molecule has 0 aromatic heterocycles. The molecule has 0 aliphatic carbocycles. The van der Waals surface area contributed by atoms with E-state index >= 15 is 0 Å². The minimum absolute atomic E-state index is 0.0195. The van der Waals surface area contributed by atoms with Crippen molar-refractivity contribution in [2.24, 2.45) is 19.0 Å². The second-order valence-electron chi connectivity index (χ2n) is 11.1. The van der Waals surface area contributed by atoms with E-state index in [0.717, 1.165) is 5.56 Å². The molecule has 2 heterocycles. The third kappa shape index (κ3) is 11.2. The Labute approximate surface area is 324 Å². The maximum atomic E-state index is 12.3. The van der Waals surface area contributed by atoms with Gasteiger partial charge < -0.3 is 34.6 Å². The van der Waals surface area contributed by atoms with Gasteiger partial charge in [-0.15, -0.1) is 8.80 Å². The van der Waals surface area contributed by atoms with Crippen molar-refractivity contribution in [3.63, 3.8) is 0 Å². The number of aromatic hydroxyl groups is 2. The highest BCUT2D eigenvalue weighted by Gasteiger charge is 2.31. The van der Waals surface area contributed by atoms with Crippen molar-refractivity contribution in [1.82, 2.24) is 10.4 Å². The zero-order chi connectivity index (χ0) is 40.0. The van der Waals surface area contributed by atoms with Crippen molar-refractivity contribution in [1.29, 1.82) is 0 Å². The number of nitrogens with one attached hydrogen (secondary N) is 1. The summed E-state index contributed by atoms with van der Waals surface area (Å²) in [5, 5.41) is 29.0. The average molecular weight is 815 g/mol. The summed E-state index contributed by atoms with van der Waals surface area (Å²) in [6.07, 6.45) is 3.19. The third-order valence-corrected chi connectivity index (χ3v) is 10.5. The zero-order valence-electron chi connectivity index (χ0n) is 30.2. The van der Waals surface area contributed by atoms with Gasteiger partial charge in [0.2, 0.25) is 0 Å². The summed E-state index contributed by atoms with van der Waals surface area (Å²) in [6, 6.07) is 22.9. The molecule has 292 valence electrons. The number of phenolic OH excluding ortho intramolecular Hbond substituents is 2. The maximum absolute atomic E-state index is 12.3. The topological polar surface area (TPSA) is 210 Å². The van der Waals surface area contributed by atoms with E-state index in [1.54, 1.807) is 87.2 Å². The van der Waals surface area contributed by atoms with Crippen LogP contribution in [0, 0.1) is 0 Å². The number of phenols is 2. The fourth-order valence-electron chi connectivity index (χ4n) is 4.75. The molecule has 19 heteroatoms. The summed E-state index contributed by atoms with van der Waals surface area (Å²) >= 11 is 5.60. The quantitative estimate of drug-likeness (QED) is 0.105. The minimum atomic E-state index is -3.75. The number of hydrogen-bond acceptors (Lipinski definition) is 14. The zero-order valence-corrected chi connectivity index (χ0v) is 32.5. The Balaban J connectivity index is 0.000000203. The van der Waals surface area contributed by atoms with Crippen LogP contribution >= 0.6 is 11.6 Å². The monoisotopic (exact) mass is 814 g/mol. The van der Waals surface area contributed by atoms with Gasteiger partial charge in [-0.1, -0.05) is 41.9 Å². The summed E-state index contributed by atoms with van der Waals surface area (Å²) in [6.45, 7) is 1.90. The van der Waals surface area contributed by atoms with E-state index in [-0.39, 0.29) is 32.3 Å². The van der Waals surface area contributed by atoms with Crippen molar-refractivity contribution < 1.29 is 46.0 Å². The summed E-state index contributed by atoms with van der Waals surface area (Å²) in [5.41, 5.74) is 5.32. The average Bonchev–Trinajstić information content (AvgIpc) is 3.59. The molecule has 0 atom stereocenters. The number of halogens is 1. The van der Waals surface area contributed by atoms with Gasteiger partial charge in [0.1, 0.15) is 4.90 Å². The first-order valence-corrected chi connectivity index (χ1v) is 19.4. The fourth-order valence-corrected chi connectivity index (χ4v) is 7.56. The second kappa shape index (κ2) is 19.7. The van der Waals surface area contributed by atoms with Gasteiger partial charge in [-0.05, 0) is 65.7 Å². The van der Waals surface area contributed by atoms with Crippen molar-refractivity contribution in [3.8, 4) is 23.0 Å². The lowest BCUT2D eigenvalue weighted by atomic mass is 10.2. The lowest BCUT2D eigenvalue weighted by Crippen LogP contribution is -2.29. The minimum Gasteiger partial charge on any atom is -0.504 e. The number of benzene rings is 4. The van der Waals surface area contributed by atoms with E-state index in [4.69, 9.17) is 30.5 Å². The van der Waals surface area contributed by atoms with E-state index in [2.05, 4.69) is 24.4 Å². The number of hydrogen-bond donors (Lipinski definition) is 3. The van der Waals surface area contributed by atoms with Crippen LogP contribution in [0.3, 0.4) is 0 Å². The van der Waals surface area contributed by atoms with Gasteiger partial charge in [-0.2, -0.15) is 27.0 Å². The molecular formula is C36H39ClN6O10S2. The Morgan fingerprint density at radius 1 is 0.727 bits per heavy atom. The number of methoxy groups -OCH3 is 4. The van der Waals surface area contributed by atoms with Crippen molar-refractivity contribution >= 4 is 55.1 Å². The Hall–Kier alpha value is -5.53. The summed E-state index contributed by atoms with van der Waals surface area (Å²) in [7, 11) is -1.10. The first-order chi connectivity index (χ1) is 26.3. The highest BCUT2D eigenvalue weighted by Crippen LogP contribution is 2.29. The Bertz CT molecular complexity index is 2300. The van der Waals surface area contributed by atoms with Gasteiger partial charge in [0.25, 0.3) is 20.0 Å². The molecule has 0 saturated heterocycles. The Morgan fingerprint density at radius 2 is 1.25 bits per heavy atom. The van der Waals surface area contributed by atoms with Crippen LogP contribution in [-0.2, 0) is 29.5 Å². The van der Waals surface area contributed by atoms with Crippen molar-refractivity contribution in [2.75, 3.05) is 54.7 Å². The first-order valence-electron chi connectivity index (χ1n) is 16.2. The standard InChI is InChI=1S/C18H19N3O5S.C11H16N2O3.C7H4ClNO2S/c1-25-10-9-21(19-12-13-7-8-15(22)16(11-13)26-2)18-14-5-3-4-6-17(14)27(23,24)20-18;1-15-6-5-12-13-8-9-3-4-10(14)11(7-9)16-2;8-7-5-3-1-2-4-6(5)12(10,11)9-7/h3-8,11-12,22H,9-10H2,1-2H3;3-4,7-8,12,14H,5-6H2,1-2H3;1-4H/b19-12+;13-8+;. The van der Waals surface area contributed by atoms with Crippen molar-refractivity contribution in [3.05, 3.63) is 107 Å². The lowest BCUT2D eigenvalue weighted by molar-refractivity contribution is 0.178. The molecule has 0 amide bonds. The normalized spacial score (nSPS) is 14.4. The number of amidine groups is 1.